The monoisotopic (exact) mass is 448 g/mol. The fourth-order valence-electron chi connectivity index (χ4n) is 3.02. The van der Waals surface area contributed by atoms with Gasteiger partial charge in [-0.15, -0.1) is 11.3 Å². The van der Waals surface area contributed by atoms with E-state index in [9.17, 15) is 13.2 Å². The third-order valence-electron chi connectivity index (χ3n) is 4.57. The molecule has 160 valence electrons. The molecule has 0 aliphatic rings. The molecule has 0 bridgehead atoms. The summed E-state index contributed by atoms with van der Waals surface area (Å²) < 4.78 is 31.6. The molecule has 2 heterocycles. The lowest BCUT2D eigenvalue weighted by atomic mass is 10.2. The van der Waals surface area contributed by atoms with Crippen LogP contribution >= 0.6 is 11.3 Å². The maximum absolute atomic E-state index is 12.6. The number of carbonyl (C=O) groups is 1. The number of nitrogens with one attached hydrogen (secondary N) is 1. The predicted octanol–water partition coefficient (Wildman–Crippen LogP) is 3.79. The standard InChI is InChI=1S/C20H24N4O4S2/c1-7-28-20(25)17-12(3)16-18(21-13(4)22-19(16)29-17)23-14-9-8-11(2)15(10-14)30(26,27)24(5)6/h8-10H,7H2,1-6H3,(H,21,22,23). The van der Waals surface area contributed by atoms with Crippen LogP contribution < -0.4 is 5.32 Å². The molecule has 0 saturated heterocycles. The first kappa shape index (κ1) is 22.1. The van der Waals surface area contributed by atoms with Gasteiger partial charge >= 0.3 is 5.97 Å². The number of esters is 1. The van der Waals surface area contributed by atoms with E-state index in [1.54, 1.807) is 39.0 Å². The molecule has 0 radical (unpaired) electrons. The molecule has 0 amide bonds. The van der Waals surface area contributed by atoms with Gasteiger partial charge in [0.05, 0.1) is 16.9 Å². The van der Waals surface area contributed by atoms with Crippen molar-refractivity contribution < 1.29 is 17.9 Å². The molecule has 8 nitrogen and oxygen atoms in total. The molecule has 1 N–H and O–H groups in total. The summed E-state index contributed by atoms with van der Waals surface area (Å²) in [7, 11) is -0.597. The number of aryl methyl sites for hydroxylation is 3. The Balaban J connectivity index is 2.12. The lowest BCUT2D eigenvalue weighted by Crippen LogP contribution is -2.23. The van der Waals surface area contributed by atoms with Gasteiger partial charge in [0.25, 0.3) is 0 Å². The van der Waals surface area contributed by atoms with Crippen LogP contribution in [-0.4, -0.2) is 49.4 Å². The number of benzene rings is 1. The van der Waals surface area contributed by atoms with Crippen molar-refractivity contribution in [3.8, 4) is 0 Å². The zero-order valence-electron chi connectivity index (χ0n) is 17.7. The minimum atomic E-state index is -3.59. The number of hydrogen-bond donors (Lipinski definition) is 1. The number of hydrogen-bond acceptors (Lipinski definition) is 8. The number of ether oxygens (including phenoxy) is 1. The van der Waals surface area contributed by atoms with Crippen molar-refractivity contribution in [2.75, 3.05) is 26.0 Å². The topological polar surface area (TPSA) is 101 Å². The predicted molar refractivity (Wildman–Crippen MR) is 118 cm³/mol. The molecule has 0 spiro atoms. The Kier molecular flexibility index (Phi) is 6.11. The van der Waals surface area contributed by atoms with Crippen molar-refractivity contribution in [1.29, 1.82) is 0 Å². The van der Waals surface area contributed by atoms with E-state index in [4.69, 9.17) is 4.74 Å². The van der Waals surface area contributed by atoms with Crippen molar-refractivity contribution in [3.63, 3.8) is 0 Å². The Morgan fingerprint density at radius 2 is 1.90 bits per heavy atom. The lowest BCUT2D eigenvalue weighted by molar-refractivity contribution is 0.0531. The highest BCUT2D eigenvalue weighted by Gasteiger charge is 2.23. The first-order valence-electron chi connectivity index (χ1n) is 9.31. The minimum Gasteiger partial charge on any atom is -0.462 e. The van der Waals surface area contributed by atoms with Crippen LogP contribution in [-0.2, 0) is 14.8 Å². The SMILES string of the molecule is CCOC(=O)c1sc2nc(C)nc(Nc3ccc(C)c(S(=O)(=O)N(C)C)c3)c2c1C. The Labute approximate surface area is 180 Å². The molecular formula is C20H24N4O4S2. The Hall–Kier alpha value is -2.56. The van der Waals surface area contributed by atoms with Gasteiger partial charge in [-0.1, -0.05) is 6.07 Å². The number of anilines is 2. The number of thiophene rings is 1. The number of sulfonamides is 1. The summed E-state index contributed by atoms with van der Waals surface area (Å²) in [5, 5.41) is 3.93. The highest BCUT2D eigenvalue weighted by atomic mass is 32.2. The van der Waals surface area contributed by atoms with Gasteiger partial charge in [-0.2, -0.15) is 0 Å². The Morgan fingerprint density at radius 1 is 1.20 bits per heavy atom. The lowest BCUT2D eigenvalue weighted by Gasteiger charge is -2.15. The molecule has 0 atom stereocenters. The first-order chi connectivity index (χ1) is 14.1. The summed E-state index contributed by atoms with van der Waals surface area (Å²) in [6.45, 7) is 7.39. The van der Waals surface area contributed by atoms with E-state index in [0.717, 1.165) is 5.56 Å². The second-order valence-electron chi connectivity index (χ2n) is 6.97. The first-order valence-corrected chi connectivity index (χ1v) is 11.6. The Bertz CT molecular complexity index is 1230. The summed E-state index contributed by atoms with van der Waals surface area (Å²) in [6.07, 6.45) is 0. The van der Waals surface area contributed by atoms with E-state index < -0.39 is 16.0 Å². The van der Waals surface area contributed by atoms with Crippen LogP contribution in [0, 0.1) is 20.8 Å². The molecule has 0 aliphatic heterocycles. The fraction of sp³-hybridized carbons (Fsp3) is 0.350. The van der Waals surface area contributed by atoms with Crippen LogP contribution in [0.3, 0.4) is 0 Å². The van der Waals surface area contributed by atoms with Gasteiger partial charge in [0.15, 0.2) is 0 Å². The molecular weight excluding hydrogens is 424 g/mol. The molecule has 0 aliphatic carbocycles. The quantitative estimate of drug-likeness (QED) is 0.573. The van der Waals surface area contributed by atoms with Gasteiger partial charge in [-0.05, 0) is 51.0 Å². The number of rotatable bonds is 6. The molecule has 3 aromatic rings. The van der Waals surface area contributed by atoms with Gasteiger partial charge < -0.3 is 10.1 Å². The number of aromatic nitrogens is 2. The van der Waals surface area contributed by atoms with Crippen molar-refractivity contribution in [2.24, 2.45) is 0 Å². The summed E-state index contributed by atoms with van der Waals surface area (Å²) in [4.78, 5) is 22.6. The second kappa shape index (κ2) is 8.29. The molecule has 2 aromatic heterocycles. The highest BCUT2D eigenvalue weighted by Crippen LogP contribution is 2.36. The second-order valence-corrected chi connectivity index (χ2v) is 10.1. The molecule has 30 heavy (non-hydrogen) atoms. The highest BCUT2D eigenvalue weighted by molar-refractivity contribution is 7.89. The van der Waals surface area contributed by atoms with Crippen LogP contribution in [0.2, 0.25) is 0 Å². The van der Waals surface area contributed by atoms with Crippen LogP contribution in [0.4, 0.5) is 11.5 Å². The third-order valence-corrected chi connectivity index (χ3v) is 7.70. The third kappa shape index (κ3) is 4.03. The number of nitrogens with zero attached hydrogens (tertiary/aromatic N) is 3. The summed E-state index contributed by atoms with van der Waals surface area (Å²) in [6, 6.07) is 5.12. The van der Waals surface area contributed by atoms with Crippen LogP contribution in [0.1, 0.15) is 33.5 Å². The van der Waals surface area contributed by atoms with Crippen molar-refractivity contribution >= 4 is 49.1 Å². The minimum absolute atomic E-state index is 0.216. The van der Waals surface area contributed by atoms with E-state index in [2.05, 4.69) is 15.3 Å². The van der Waals surface area contributed by atoms with Crippen LogP contribution in [0.5, 0.6) is 0 Å². The van der Waals surface area contributed by atoms with Gasteiger partial charge in [-0.3, -0.25) is 0 Å². The van der Waals surface area contributed by atoms with Crippen molar-refractivity contribution in [3.05, 3.63) is 40.0 Å². The maximum atomic E-state index is 12.6. The normalized spacial score (nSPS) is 11.8. The molecule has 3 rings (SSSR count). The average Bonchev–Trinajstić information content (AvgIpc) is 2.99. The van der Waals surface area contributed by atoms with Gasteiger partial charge in [0.1, 0.15) is 21.3 Å². The number of carbonyl (C=O) groups excluding carboxylic acids is 1. The zero-order valence-corrected chi connectivity index (χ0v) is 19.4. The molecule has 0 unspecified atom stereocenters. The van der Waals surface area contributed by atoms with Gasteiger partial charge in [-0.25, -0.2) is 27.5 Å². The van der Waals surface area contributed by atoms with Crippen molar-refractivity contribution in [2.45, 2.75) is 32.6 Å². The molecule has 0 fully saturated rings. The largest absolute Gasteiger partial charge is 0.462 e. The van der Waals surface area contributed by atoms with Gasteiger partial charge in [0, 0.05) is 19.8 Å². The van der Waals surface area contributed by atoms with E-state index >= 15 is 0 Å². The zero-order chi connectivity index (χ0) is 22.2. The smallest absolute Gasteiger partial charge is 0.348 e. The van der Waals surface area contributed by atoms with Crippen LogP contribution in [0.15, 0.2) is 23.1 Å². The molecule has 1 aromatic carbocycles. The van der Waals surface area contributed by atoms with E-state index in [0.29, 0.717) is 38.0 Å². The summed E-state index contributed by atoms with van der Waals surface area (Å²) in [5.74, 6) is 0.657. The van der Waals surface area contributed by atoms with E-state index in [1.807, 2.05) is 6.92 Å². The van der Waals surface area contributed by atoms with Crippen LogP contribution in [0.25, 0.3) is 10.2 Å². The number of fused-ring (bicyclic) bond motifs is 1. The maximum Gasteiger partial charge on any atom is 0.348 e. The van der Waals surface area contributed by atoms with E-state index in [-0.39, 0.29) is 11.5 Å². The Morgan fingerprint density at radius 3 is 2.53 bits per heavy atom. The molecule has 10 heteroatoms. The molecule has 0 saturated carbocycles. The average molecular weight is 449 g/mol. The van der Waals surface area contributed by atoms with Crippen molar-refractivity contribution in [1.82, 2.24) is 14.3 Å². The fourth-order valence-corrected chi connectivity index (χ4v) is 5.28. The van der Waals surface area contributed by atoms with E-state index in [1.165, 1.54) is 29.7 Å². The summed E-state index contributed by atoms with van der Waals surface area (Å²) in [5.41, 5.74) is 1.95. The summed E-state index contributed by atoms with van der Waals surface area (Å²) >= 11 is 1.26. The van der Waals surface area contributed by atoms with Gasteiger partial charge in [0.2, 0.25) is 10.0 Å².